The first-order valence-corrected chi connectivity index (χ1v) is 10.9. The first kappa shape index (κ1) is 18.7. The molecule has 5 rings (SSSR count). The van der Waals surface area contributed by atoms with E-state index in [0.717, 1.165) is 44.6 Å². The van der Waals surface area contributed by atoms with Crippen molar-refractivity contribution in [2.75, 3.05) is 31.1 Å². The van der Waals surface area contributed by atoms with Crippen LogP contribution in [0.15, 0.2) is 36.7 Å². The fraction of sp³-hybridized carbons (Fsp3) is 0.565. The lowest BCUT2D eigenvalue weighted by Crippen LogP contribution is -2.53. The van der Waals surface area contributed by atoms with E-state index in [2.05, 4.69) is 47.7 Å². The average molecular weight is 395 g/mol. The first-order valence-electron chi connectivity index (χ1n) is 10.9. The maximum absolute atomic E-state index is 13.1. The smallest absolute Gasteiger partial charge is 0.251 e. The molecule has 2 aromatic rings. The minimum atomic E-state index is -0.251. The lowest BCUT2D eigenvalue weighted by Gasteiger charge is -2.47. The summed E-state index contributed by atoms with van der Waals surface area (Å²) < 4.78 is 7.92. The van der Waals surface area contributed by atoms with E-state index in [0.29, 0.717) is 19.1 Å². The normalized spacial score (nSPS) is 25.7. The molecule has 3 aliphatic rings. The molecule has 0 bridgehead atoms. The van der Waals surface area contributed by atoms with E-state index in [9.17, 15) is 4.79 Å². The second-order valence-corrected chi connectivity index (χ2v) is 8.99. The molecule has 2 saturated heterocycles. The molecule has 2 aromatic heterocycles. The zero-order chi connectivity index (χ0) is 20.0. The highest BCUT2D eigenvalue weighted by molar-refractivity contribution is 5.82. The van der Waals surface area contributed by atoms with Crippen molar-refractivity contribution in [1.29, 1.82) is 0 Å². The Morgan fingerprint density at radius 2 is 2.24 bits per heavy atom. The van der Waals surface area contributed by atoms with E-state index in [1.165, 1.54) is 11.4 Å². The van der Waals surface area contributed by atoms with Gasteiger partial charge in [-0.15, -0.1) is 0 Å². The molecule has 0 aliphatic carbocycles. The van der Waals surface area contributed by atoms with Gasteiger partial charge in [0.15, 0.2) is 5.82 Å². The van der Waals surface area contributed by atoms with E-state index in [1.54, 1.807) is 0 Å². The molecule has 2 atom stereocenters. The number of fused-ring (bicyclic) bond motifs is 4. The topological polar surface area (TPSA) is 50.6 Å². The van der Waals surface area contributed by atoms with Crippen molar-refractivity contribution in [2.45, 2.75) is 51.2 Å². The average Bonchev–Trinajstić information content (AvgIpc) is 3.47. The van der Waals surface area contributed by atoms with Gasteiger partial charge in [0.25, 0.3) is 5.91 Å². The van der Waals surface area contributed by atoms with E-state index >= 15 is 0 Å². The van der Waals surface area contributed by atoms with E-state index < -0.39 is 0 Å². The van der Waals surface area contributed by atoms with Crippen molar-refractivity contribution >= 4 is 11.6 Å². The maximum Gasteiger partial charge on any atom is 0.251 e. The minimum absolute atomic E-state index is 0.165. The van der Waals surface area contributed by atoms with Crippen molar-refractivity contribution in [3.05, 3.63) is 42.4 Å². The Bertz CT molecular complexity index is 902. The Kier molecular flexibility index (Phi) is 4.62. The van der Waals surface area contributed by atoms with E-state index in [4.69, 9.17) is 9.72 Å². The molecule has 0 unspecified atom stereocenters. The molecule has 3 aliphatic heterocycles. The van der Waals surface area contributed by atoms with Gasteiger partial charge in [-0.25, -0.2) is 4.98 Å². The van der Waals surface area contributed by atoms with Gasteiger partial charge < -0.3 is 19.1 Å². The van der Waals surface area contributed by atoms with Crippen LogP contribution < -0.4 is 4.90 Å². The summed E-state index contributed by atoms with van der Waals surface area (Å²) in [4.78, 5) is 22.4. The number of carbonyl (C=O) groups is 1. The number of likely N-dealkylation sites (tertiary alicyclic amines) is 1. The third-order valence-electron chi connectivity index (χ3n) is 6.72. The summed E-state index contributed by atoms with van der Waals surface area (Å²) in [5.74, 6) is 1.77. The molecule has 5 heterocycles. The van der Waals surface area contributed by atoms with Gasteiger partial charge in [-0.1, -0.05) is 13.8 Å². The molecule has 0 aromatic carbocycles. The number of aromatic nitrogens is 2. The van der Waals surface area contributed by atoms with Crippen LogP contribution in [0.25, 0.3) is 5.82 Å². The van der Waals surface area contributed by atoms with Gasteiger partial charge in [-0.05, 0) is 55.9 Å². The zero-order valence-corrected chi connectivity index (χ0v) is 17.4. The molecule has 1 spiro atoms. The number of carbonyl (C=O) groups excluding carboxylic acids is 1. The summed E-state index contributed by atoms with van der Waals surface area (Å²) in [7, 11) is 0. The second-order valence-electron chi connectivity index (χ2n) is 8.99. The summed E-state index contributed by atoms with van der Waals surface area (Å²) in [6.45, 7) is 7.69. The van der Waals surface area contributed by atoms with Crippen LogP contribution in [0.4, 0.5) is 5.69 Å². The van der Waals surface area contributed by atoms with Crippen LogP contribution in [0, 0.1) is 5.92 Å². The lowest BCUT2D eigenvalue weighted by atomic mass is 9.88. The van der Waals surface area contributed by atoms with Crippen LogP contribution in [0.2, 0.25) is 0 Å². The number of hydrogen-bond acceptors (Lipinski definition) is 4. The number of pyridine rings is 1. The zero-order valence-electron chi connectivity index (χ0n) is 17.4. The fourth-order valence-electron chi connectivity index (χ4n) is 5.21. The van der Waals surface area contributed by atoms with Gasteiger partial charge >= 0.3 is 0 Å². The molecule has 6 nitrogen and oxygen atoms in total. The first-order chi connectivity index (χ1) is 14.1. The summed E-state index contributed by atoms with van der Waals surface area (Å²) in [5, 5.41) is 0. The Balaban J connectivity index is 1.54. The molecular weight excluding hydrogens is 364 g/mol. The third kappa shape index (κ3) is 2.96. The fourth-order valence-corrected chi connectivity index (χ4v) is 5.21. The van der Waals surface area contributed by atoms with Gasteiger partial charge in [0.05, 0.1) is 11.4 Å². The van der Waals surface area contributed by atoms with Crippen LogP contribution in [-0.4, -0.2) is 52.7 Å². The number of ether oxygens (including phenoxy) is 1. The Labute approximate surface area is 172 Å². The van der Waals surface area contributed by atoms with Crippen molar-refractivity contribution in [1.82, 2.24) is 14.5 Å². The molecule has 0 saturated carbocycles. The lowest BCUT2D eigenvalue weighted by molar-refractivity contribution is -0.140. The molecular formula is C23H30N4O2. The molecule has 2 fully saturated rings. The van der Waals surface area contributed by atoms with Crippen molar-refractivity contribution in [2.24, 2.45) is 5.92 Å². The molecule has 1 amide bonds. The van der Waals surface area contributed by atoms with E-state index in [-0.39, 0.29) is 17.6 Å². The maximum atomic E-state index is 13.1. The quantitative estimate of drug-likeness (QED) is 0.798. The highest BCUT2D eigenvalue weighted by Crippen LogP contribution is 2.47. The van der Waals surface area contributed by atoms with Crippen LogP contribution in [0.3, 0.4) is 0 Å². The summed E-state index contributed by atoms with van der Waals surface area (Å²) in [6.07, 6.45) is 7.59. The Hall–Kier alpha value is -2.34. The summed E-state index contributed by atoms with van der Waals surface area (Å²) in [6, 6.07) is 8.51. The van der Waals surface area contributed by atoms with Crippen molar-refractivity contribution in [3.63, 3.8) is 0 Å². The number of amides is 1. The predicted molar refractivity (Wildman–Crippen MR) is 112 cm³/mol. The van der Waals surface area contributed by atoms with Crippen LogP contribution >= 0.6 is 0 Å². The molecule has 0 N–H and O–H groups in total. The number of nitrogens with zero attached hydrogens (tertiary/aromatic N) is 4. The predicted octanol–water partition coefficient (Wildman–Crippen LogP) is 3.35. The summed E-state index contributed by atoms with van der Waals surface area (Å²) in [5.41, 5.74) is 2.21. The van der Waals surface area contributed by atoms with Gasteiger partial charge in [0.1, 0.15) is 11.6 Å². The number of rotatable bonds is 4. The highest BCUT2D eigenvalue weighted by Gasteiger charge is 2.51. The van der Waals surface area contributed by atoms with Crippen LogP contribution in [-0.2, 0) is 15.1 Å². The van der Waals surface area contributed by atoms with Crippen LogP contribution in [0.5, 0.6) is 0 Å². The van der Waals surface area contributed by atoms with Crippen LogP contribution in [0.1, 0.15) is 45.2 Å². The monoisotopic (exact) mass is 394 g/mol. The molecule has 154 valence electrons. The third-order valence-corrected chi connectivity index (χ3v) is 6.72. The number of anilines is 1. The second kappa shape index (κ2) is 7.17. The van der Waals surface area contributed by atoms with Crippen molar-refractivity contribution in [3.8, 4) is 5.82 Å². The largest absolute Gasteiger partial charge is 0.368 e. The highest BCUT2D eigenvalue weighted by atomic mass is 16.5. The molecule has 29 heavy (non-hydrogen) atoms. The summed E-state index contributed by atoms with van der Waals surface area (Å²) >= 11 is 0. The van der Waals surface area contributed by atoms with Gasteiger partial charge in [-0.2, -0.15) is 0 Å². The standard InChI is InChI=1S/C23H30N4O2/c1-17(2)9-13-27-18-6-3-11-24-21(18)26-12-4-8-20(26)23(27)10-14-25(16-23)22(28)19-7-5-15-29-19/h3-4,6,8,11-12,17,19H,5,7,9-10,13-16H2,1-2H3/t19-,23-/m1/s1. The van der Waals surface area contributed by atoms with Gasteiger partial charge in [-0.3, -0.25) is 4.79 Å². The number of hydrogen-bond donors (Lipinski definition) is 0. The minimum Gasteiger partial charge on any atom is -0.368 e. The van der Waals surface area contributed by atoms with Crippen molar-refractivity contribution < 1.29 is 9.53 Å². The van der Waals surface area contributed by atoms with E-state index in [1.807, 2.05) is 17.2 Å². The van der Waals surface area contributed by atoms with Gasteiger partial charge in [0.2, 0.25) is 0 Å². The Morgan fingerprint density at radius 3 is 3.03 bits per heavy atom. The molecule has 0 radical (unpaired) electrons. The SMILES string of the molecule is CC(C)CCN1c2cccnc2-n2cccc2[C@]12CCN(C(=O)[C@H]1CCCO1)C2. The Morgan fingerprint density at radius 1 is 1.34 bits per heavy atom. The van der Waals surface area contributed by atoms with Gasteiger partial charge in [0, 0.05) is 38.6 Å². The molecule has 6 heteroatoms.